The number of nitrogens with two attached hydrogens (primary N) is 1. The smallest absolute Gasteiger partial charge is 0.166 e. The molecular formula is C12H17NO3. The van der Waals surface area contributed by atoms with Crippen LogP contribution in [0.5, 0.6) is 0 Å². The third-order valence-corrected chi connectivity index (χ3v) is 2.59. The second-order valence-corrected chi connectivity index (χ2v) is 4.25. The summed E-state index contributed by atoms with van der Waals surface area (Å²) in [6.07, 6.45) is -0.354. The fourth-order valence-corrected chi connectivity index (χ4v) is 1.51. The zero-order valence-electron chi connectivity index (χ0n) is 9.42. The Kier molecular flexibility index (Phi) is 3.80. The van der Waals surface area contributed by atoms with Gasteiger partial charge < -0.3 is 10.2 Å². The molecule has 0 spiro atoms. The van der Waals surface area contributed by atoms with Crippen LogP contribution < -0.4 is 5.73 Å². The number of aliphatic hydroxyl groups is 2. The molecule has 0 aliphatic heterocycles. The molecule has 0 bridgehead atoms. The molecular weight excluding hydrogens is 206 g/mol. The molecule has 0 heterocycles. The largest absolute Gasteiger partial charge is 0.388 e. The van der Waals surface area contributed by atoms with Crippen molar-refractivity contribution in [1.82, 2.24) is 0 Å². The summed E-state index contributed by atoms with van der Waals surface area (Å²) in [5.74, 6) is -0.166. The van der Waals surface area contributed by atoms with Crippen molar-refractivity contribution in [2.75, 3.05) is 0 Å². The SMILES string of the molecule is CC(C)[C@@H](O)[C@](N)(O)c1ccc(C=O)cc1. The van der Waals surface area contributed by atoms with Gasteiger partial charge >= 0.3 is 0 Å². The predicted molar refractivity (Wildman–Crippen MR) is 60.8 cm³/mol. The summed E-state index contributed by atoms with van der Waals surface area (Å²) in [6.45, 7) is 3.53. The minimum atomic E-state index is -1.80. The zero-order valence-corrected chi connectivity index (χ0v) is 9.42. The van der Waals surface area contributed by atoms with E-state index >= 15 is 0 Å². The Morgan fingerprint density at radius 1 is 1.31 bits per heavy atom. The number of aldehydes is 1. The second-order valence-electron chi connectivity index (χ2n) is 4.25. The van der Waals surface area contributed by atoms with E-state index in [9.17, 15) is 15.0 Å². The predicted octanol–water partition coefficient (Wildman–Crippen LogP) is 0.620. The van der Waals surface area contributed by atoms with Gasteiger partial charge in [0.2, 0.25) is 0 Å². The van der Waals surface area contributed by atoms with Crippen LogP contribution in [0.4, 0.5) is 0 Å². The lowest BCUT2D eigenvalue weighted by Crippen LogP contribution is -2.50. The highest BCUT2D eigenvalue weighted by Gasteiger charge is 2.35. The Labute approximate surface area is 94.7 Å². The zero-order chi connectivity index (χ0) is 12.3. The monoisotopic (exact) mass is 223 g/mol. The molecule has 1 aromatic rings. The van der Waals surface area contributed by atoms with Gasteiger partial charge in [0.15, 0.2) is 5.72 Å². The van der Waals surface area contributed by atoms with Crippen LogP contribution in [0.1, 0.15) is 29.8 Å². The van der Waals surface area contributed by atoms with Crippen molar-refractivity contribution in [3.8, 4) is 0 Å². The van der Waals surface area contributed by atoms with E-state index in [1.807, 2.05) is 0 Å². The summed E-state index contributed by atoms with van der Waals surface area (Å²) in [5, 5.41) is 19.8. The highest BCUT2D eigenvalue weighted by atomic mass is 16.4. The van der Waals surface area contributed by atoms with Crippen molar-refractivity contribution in [2.24, 2.45) is 11.7 Å². The average molecular weight is 223 g/mol. The lowest BCUT2D eigenvalue weighted by molar-refractivity contribution is -0.0965. The number of benzene rings is 1. The summed E-state index contributed by atoms with van der Waals surface area (Å²) >= 11 is 0. The van der Waals surface area contributed by atoms with Crippen LogP contribution in [0.15, 0.2) is 24.3 Å². The first kappa shape index (κ1) is 12.8. The first-order valence-corrected chi connectivity index (χ1v) is 5.14. The molecule has 4 heteroatoms. The topological polar surface area (TPSA) is 83.6 Å². The molecule has 0 amide bonds. The Morgan fingerprint density at radius 3 is 2.19 bits per heavy atom. The van der Waals surface area contributed by atoms with Gasteiger partial charge in [-0.05, 0) is 5.92 Å². The second kappa shape index (κ2) is 4.74. The first-order chi connectivity index (χ1) is 7.39. The summed E-state index contributed by atoms with van der Waals surface area (Å²) in [4.78, 5) is 10.5. The number of carbonyl (C=O) groups is 1. The molecule has 2 atom stereocenters. The van der Waals surface area contributed by atoms with Crippen molar-refractivity contribution in [3.05, 3.63) is 35.4 Å². The van der Waals surface area contributed by atoms with Gasteiger partial charge in [0, 0.05) is 11.1 Å². The molecule has 0 aliphatic carbocycles. The van der Waals surface area contributed by atoms with Gasteiger partial charge in [-0.3, -0.25) is 10.5 Å². The summed E-state index contributed by atoms with van der Waals surface area (Å²) in [7, 11) is 0. The lowest BCUT2D eigenvalue weighted by atomic mass is 9.90. The molecule has 4 nitrogen and oxygen atoms in total. The van der Waals surface area contributed by atoms with Crippen molar-refractivity contribution in [1.29, 1.82) is 0 Å². The maximum absolute atomic E-state index is 10.5. The summed E-state index contributed by atoms with van der Waals surface area (Å²) < 4.78 is 0. The number of aliphatic hydroxyl groups excluding tert-OH is 1. The molecule has 0 aliphatic rings. The highest BCUT2D eigenvalue weighted by molar-refractivity contribution is 5.74. The first-order valence-electron chi connectivity index (χ1n) is 5.14. The van der Waals surface area contributed by atoms with Gasteiger partial charge in [0.05, 0.1) is 0 Å². The Balaban J connectivity index is 3.01. The van der Waals surface area contributed by atoms with Crippen molar-refractivity contribution >= 4 is 6.29 Å². The van der Waals surface area contributed by atoms with Gasteiger partial charge in [0.1, 0.15) is 12.4 Å². The number of carbonyl (C=O) groups excluding carboxylic acids is 1. The number of hydrogen-bond acceptors (Lipinski definition) is 4. The Morgan fingerprint density at radius 2 is 1.81 bits per heavy atom. The van der Waals surface area contributed by atoms with Gasteiger partial charge in [-0.1, -0.05) is 38.1 Å². The molecule has 0 aromatic heterocycles. The van der Waals surface area contributed by atoms with Gasteiger partial charge in [-0.25, -0.2) is 0 Å². The van der Waals surface area contributed by atoms with E-state index in [2.05, 4.69) is 0 Å². The molecule has 88 valence electrons. The molecule has 0 saturated heterocycles. The van der Waals surface area contributed by atoms with E-state index in [4.69, 9.17) is 5.73 Å². The minimum Gasteiger partial charge on any atom is -0.388 e. The lowest BCUT2D eigenvalue weighted by Gasteiger charge is -2.31. The third kappa shape index (κ3) is 2.47. The van der Waals surface area contributed by atoms with E-state index in [0.29, 0.717) is 17.4 Å². The van der Waals surface area contributed by atoms with Crippen LogP contribution in [0.2, 0.25) is 0 Å². The maximum Gasteiger partial charge on any atom is 0.166 e. The molecule has 0 fully saturated rings. The normalized spacial score (nSPS) is 16.9. The molecule has 0 saturated carbocycles. The third-order valence-electron chi connectivity index (χ3n) is 2.59. The fourth-order valence-electron chi connectivity index (χ4n) is 1.51. The van der Waals surface area contributed by atoms with Gasteiger partial charge in [-0.15, -0.1) is 0 Å². The Bertz CT molecular complexity index is 357. The number of rotatable bonds is 4. The van der Waals surface area contributed by atoms with Crippen LogP contribution in [0.25, 0.3) is 0 Å². The quantitative estimate of drug-likeness (QED) is 0.516. The van der Waals surface area contributed by atoms with Crippen molar-refractivity contribution < 1.29 is 15.0 Å². The molecule has 0 radical (unpaired) electrons. The van der Waals surface area contributed by atoms with Crippen LogP contribution in [0.3, 0.4) is 0 Å². The Hall–Kier alpha value is -1.23. The van der Waals surface area contributed by atoms with E-state index in [1.54, 1.807) is 26.0 Å². The molecule has 4 N–H and O–H groups in total. The summed E-state index contributed by atoms with van der Waals surface area (Å²) in [5.41, 5.74) is 4.78. The highest BCUT2D eigenvalue weighted by Crippen LogP contribution is 2.24. The standard InChI is InChI=1S/C12H17NO3/c1-8(2)11(15)12(13,16)10-5-3-9(7-14)4-6-10/h3-8,11,15-16H,13H2,1-2H3/t11-,12-/m1/s1. The van der Waals surface area contributed by atoms with E-state index in [0.717, 1.165) is 0 Å². The van der Waals surface area contributed by atoms with Gasteiger partial charge in [-0.2, -0.15) is 0 Å². The van der Waals surface area contributed by atoms with Crippen LogP contribution in [-0.2, 0) is 5.72 Å². The van der Waals surface area contributed by atoms with E-state index in [1.165, 1.54) is 12.1 Å². The average Bonchev–Trinajstić information content (AvgIpc) is 2.28. The minimum absolute atomic E-state index is 0.166. The van der Waals surface area contributed by atoms with E-state index in [-0.39, 0.29) is 5.92 Å². The van der Waals surface area contributed by atoms with Crippen LogP contribution in [0, 0.1) is 5.92 Å². The maximum atomic E-state index is 10.5. The van der Waals surface area contributed by atoms with Gasteiger partial charge in [0.25, 0.3) is 0 Å². The van der Waals surface area contributed by atoms with E-state index < -0.39 is 11.8 Å². The fraction of sp³-hybridized carbons (Fsp3) is 0.417. The molecule has 0 unspecified atom stereocenters. The molecule has 16 heavy (non-hydrogen) atoms. The van der Waals surface area contributed by atoms with Crippen LogP contribution in [-0.4, -0.2) is 22.6 Å². The molecule has 1 rings (SSSR count). The molecule has 1 aromatic carbocycles. The van der Waals surface area contributed by atoms with Crippen molar-refractivity contribution in [2.45, 2.75) is 25.7 Å². The number of hydrogen-bond donors (Lipinski definition) is 3. The van der Waals surface area contributed by atoms with Crippen LogP contribution >= 0.6 is 0 Å². The van der Waals surface area contributed by atoms with Crippen molar-refractivity contribution in [3.63, 3.8) is 0 Å². The summed E-state index contributed by atoms with van der Waals surface area (Å²) in [6, 6.07) is 6.17.